The minimum absolute atomic E-state index is 0. The quantitative estimate of drug-likeness (QED) is 0.321. The molecule has 0 aliphatic heterocycles. The molecule has 1 aromatic carbocycles. The Labute approximate surface area is 103 Å². The van der Waals surface area contributed by atoms with E-state index in [1.54, 1.807) is 0 Å². The van der Waals surface area contributed by atoms with Crippen molar-refractivity contribution in [2.45, 2.75) is 5.75 Å². The SMILES string of the molecule is O=S(=O)([O-])Cc1ccc(O)c(O)c1.[Na+]. The summed E-state index contributed by atoms with van der Waals surface area (Å²) < 4.78 is 30.9. The fourth-order valence-electron chi connectivity index (χ4n) is 0.863. The fraction of sp³-hybridized carbons (Fsp3) is 0.143. The smallest absolute Gasteiger partial charge is 0.748 e. The predicted molar refractivity (Wildman–Crippen MR) is 43.2 cm³/mol. The van der Waals surface area contributed by atoms with Crippen LogP contribution in [0.2, 0.25) is 0 Å². The molecule has 0 atom stereocenters. The molecule has 0 saturated heterocycles. The largest absolute Gasteiger partial charge is 1.00 e. The van der Waals surface area contributed by atoms with Crippen molar-refractivity contribution in [3.05, 3.63) is 23.8 Å². The van der Waals surface area contributed by atoms with Crippen LogP contribution in [0.1, 0.15) is 5.56 Å². The summed E-state index contributed by atoms with van der Waals surface area (Å²) in [4.78, 5) is 0. The van der Waals surface area contributed by atoms with E-state index in [0.29, 0.717) is 0 Å². The second kappa shape index (κ2) is 4.99. The van der Waals surface area contributed by atoms with Gasteiger partial charge in [-0.15, -0.1) is 0 Å². The van der Waals surface area contributed by atoms with Crippen LogP contribution < -0.4 is 29.6 Å². The van der Waals surface area contributed by atoms with Gasteiger partial charge in [0.25, 0.3) is 0 Å². The summed E-state index contributed by atoms with van der Waals surface area (Å²) in [6, 6.07) is 3.41. The third-order valence-corrected chi connectivity index (χ3v) is 2.07. The molecule has 7 heteroatoms. The van der Waals surface area contributed by atoms with E-state index in [4.69, 9.17) is 10.2 Å². The summed E-state index contributed by atoms with van der Waals surface area (Å²) in [6.07, 6.45) is 0. The minimum Gasteiger partial charge on any atom is -0.748 e. The van der Waals surface area contributed by atoms with Gasteiger partial charge in [-0.25, -0.2) is 8.42 Å². The standard InChI is InChI=1S/C7H8O5S.Na/c8-6-2-1-5(3-7(6)9)4-13(10,11)12;/h1-3,8-9H,4H2,(H,10,11,12);/q;+1/p-1. The summed E-state index contributed by atoms with van der Waals surface area (Å²) >= 11 is 0. The topological polar surface area (TPSA) is 97.7 Å². The second-order valence-electron chi connectivity index (χ2n) is 2.53. The van der Waals surface area contributed by atoms with Crippen LogP contribution in [-0.2, 0) is 15.9 Å². The molecule has 0 unspecified atom stereocenters. The molecule has 0 aromatic heterocycles. The van der Waals surface area contributed by atoms with Crippen molar-refractivity contribution in [1.82, 2.24) is 0 Å². The van der Waals surface area contributed by atoms with Crippen molar-refractivity contribution < 1.29 is 52.7 Å². The number of hydrogen-bond donors (Lipinski definition) is 2. The Morgan fingerprint density at radius 1 is 1.21 bits per heavy atom. The number of hydrogen-bond acceptors (Lipinski definition) is 5. The molecule has 2 N–H and O–H groups in total. The van der Waals surface area contributed by atoms with Crippen LogP contribution in [0, 0.1) is 0 Å². The van der Waals surface area contributed by atoms with Crippen molar-refractivity contribution in [3.8, 4) is 11.5 Å². The van der Waals surface area contributed by atoms with Gasteiger partial charge in [-0.05, 0) is 17.7 Å². The molecule has 0 fully saturated rings. The van der Waals surface area contributed by atoms with E-state index in [-0.39, 0.29) is 40.9 Å². The van der Waals surface area contributed by atoms with Gasteiger partial charge in [0.1, 0.15) is 0 Å². The predicted octanol–water partition coefficient (Wildman–Crippen LogP) is -2.85. The first-order valence-electron chi connectivity index (χ1n) is 3.33. The van der Waals surface area contributed by atoms with Crippen LogP contribution in [-0.4, -0.2) is 23.2 Å². The molecule has 0 saturated carbocycles. The number of aromatic hydroxyl groups is 2. The van der Waals surface area contributed by atoms with E-state index in [9.17, 15) is 13.0 Å². The van der Waals surface area contributed by atoms with Gasteiger partial charge in [0, 0.05) is 0 Å². The molecule has 0 bridgehead atoms. The first-order valence-corrected chi connectivity index (χ1v) is 4.90. The zero-order valence-electron chi connectivity index (χ0n) is 7.47. The van der Waals surface area contributed by atoms with Crippen molar-refractivity contribution in [1.29, 1.82) is 0 Å². The van der Waals surface area contributed by atoms with Crippen LogP contribution in [0.15, 0.2) is 18.2 Å². The van der Waals surface area contributed by atoms with Crippen LogP contribution in [0.5, 0.6) is 11.5 Å². The van der Waals surface area contributed by atoms with Crippen molar-refractivity contribution in [2.24, 2.45) is 0 Å². The van der Waals surface area contributed by atoms with Crippen molar-refractivity contribution in [2.75, 3.05) is 0 Å². The van der Waals surface area contributed by atoms with E-state index in [1.807, 2.05) is 0 Å². The molecule has 1 rings (SSSR count). The van der Waals surface area contributed by atoms with Crippen molar-refractivity contribution in [3.63, 3.8) is 0 Å². The van der Waals surface area contributed by atoms with Gasteiger partial charge in [-0.1, -0.05) is 6.07 Å². The monoisotopic (exact) mass is 226 g/mol. The van der Waals surface area contributed by atoms with Gasteiger partial charge in [0.2, 0.25) is 0 Å². The molecular formula is C7H7NaO5S. The van der Waals surface area contributed by atoms with Gasteiger partial charge in [-0.2, -0.15) is 0 Å². The number of phenolic OH excluding ortho intramolecular Hbond substituents is 2. The Hall–Kier alpha value is -0.270. The Morgan fingerprint density at radius 2 is 1.79 bits per heavy atom. The van der Waals surface area contributed by atoms with E-state index in [1.165, 1.54) is 6.07 Å². The number of benzene rings is 1. The molecule has 72 valence electrons. The molecule has 0 amide bonds. The third-order valence-electron chi connectivity index (χ3n) is 1.38. The fourth-order valence-corrected chi connectivity index (χ4v) is 1.45. The Bertz CT molecular complexity index is 414. The Balaban J connectivity index is 0.00000169. The van der Waals surface area contributed by atoms with Gasteiger partial charge < -0.3 is 14.8 Å². The molecule has 14 heavy (non-hydrogen) atoms. The molecule has 5 nitrogen and oxygen atoms in total. The minimum atomic E-state index is -4.35. The van der Waals surface area contributed by atoms with Crippen LogP contribution in [0.4, 0.5) is 0 Å². The zero-order valence-corrected chi connectivity index (χ0v) is 10.3. The Kier molecular flexibility index (Phi) is 4.90. The van der Waals surface area contributed by atoms with Crippen LogP contribution in [0.3, 0.4) is 0 Å². The van der Waals surface area contributed by atoms with E-state index in [2.05, 4.69) is 0 Å². The molecule has 0 radical (unpaired) electrons. The first kappa shape index (κ1) is 13.7. The average Bonchev–Trinajstić information content (AvgIpc) is 1.94. The second-order valence-corrected chi connectivity index (χ2v) is 3.93. The molecular weight excluding hydrogens is 219 g/mol. The maximum Gasteiger partial charge on any atom is 1.00 e. The van der Waals surface area contributed by atoms with Crippen molar-refractivity contribution >= 4 is 10.1 Å². The summed E-state index contributed by atoms with van der Waals surface area (Å²) in [6.45, 7) is 0. The summed E-state index contributed by atoms with van der Waals surface area (Å²) in [7, 11) is -4.35. The summed E-state index contributed by atoms with van der Waals surface area (Å²) in [5.41, 5.74) is 0.144. The zero-order chi connectivity index (χ0) is 10.1. The molecule has 0 spiro atoms. The van der Waals surface area contributed by atoms with E-state index >= 15 is 0 Å². The maximum atomic E-state index is 10.3. The maximum absolute atomic E-state index is 10.3. The molecule has 1 aromatic rings. The summed E-state index contributed by atoms with van der Waals surface area (Å²) in [5, 5.41) is 17.8. The average molecular weight is 226 g/mol. The Morgan fingerprint density at radius 3 is 2.21 bits per heavy atom. The van der Waals surface area contributed by atoms with Gasteiger partial charge in [-0.3, -0.25) is 0 Å². The van der Waals surface area contributed by atoms with E-state index in [0.717, 1.165) is 12.1 Å². The molecule has 0 aliphatic carbocycles. The normalized spacial score (nSPS) is 10.6. The van der Waals surface area contributed by atoms with Gasteiger partial charge in [0.05, 0.1) is 15.9 Å². The van der Waals surface area contributed by atoms with E-state index < -0.39 is 21.6 Å². The third kappa shape index (κ3) is 4.30. The number of phenols is 2. The molecule has 0 heterocycles. The molecule has 0 aliphatic rings. The van der Waals surface area contributed by atoms with Gasteiger partial charge in [0.15, 0.2) is 11.5 Å². The van der Waals surface area contributed by atoms with Crippen LogP contribution in [0.25, 0.3) is 0 Å². The van der Waals surface area contributed by atoms with Gasteiger partial charge >= 0.3 is 29.6 Å². The number of rotatable bonds is 2. The summed E-state index contributed by atoms with van der Waals surface area (Å²) in [5.74, 6) is -1.49. The van der Waals surface area contributed by atoms with Crippen LogP contribution >= 0.6 is 0 Å². The first-order chi connectivity index (χ1) is 5.88.